The zero-order valence-corrected chi connectivity index (χ0v) is 13.6. The Kier molecular flexibility index (Phi) is 6.31. The third-order valence-electron chi connectivity index (χ3n) is 5.43. The Morgan fingerprint density at radius 1 is 1.25 bits per heavy atom. The molecule has 1 aliphatic carbocycles. The third-order valence-corrected chi connectivity index (χ3v) is 5.43. The van der Waals surface area contributed by atoms with Gasteiger partial charge in [0, 0.05) is 25.7 Å². The number of nitrogens with zero attached hydrogens (tertiary/aromatic N) is 1. The van der Waals surface area contributed by atoms with Gasteiger partial charge in [-0.1, -0.05) is 20.8 Å². The van der Waals surface area contributed by atoms with Crippen LogP contribution in [0.3, 0.4) is 0 Å². The van der Waals surface area contributed by atoms with Crippen LogP contribution in [0.4, 0.5) is 0 Å². The summed E-state index contributed by atoms with van der Waals surface area (Å²) >= 11 is 0. The van der Waals surface area contributed by atoms with Crippen molar-refractivity contribution in [3.05, 3.63) is 0 Å². The number of hydrogen-bond acceptors (Lipinski definition) is 3. The van der Waals surface area contributed by atoms with Gasteiger partial charge < -0.3 is 15.3 Å². The monoisotopic (exact) mass is 282 g/mol. The standard InChI is InChI=1S/C17H34N2O/c1-4-6-18-17-9-13(2)8-14(3)16(17)11-19-7-5-15(10-19)12-20/h13-18,20H,4-12H2,1-3H3. The van der Waals surface area contributed by atoms with Crippen molar-refractivity contribution >= 4 is 0 Å². The molecule has 1 aliphatic heterocycles. The summed E-state index contributed by atoms with van der Waals surface area (Å²) < 4.78 is 0. The lowest BCUT2D eigenvalue weighted by molar-refractivity contribution is 0.107. The van der Waals surface area contributed by atoms with E-state index in [1.807, 2.05) is 0 Å². The van der Waals surface area contributed by atoms with Crippen molar-refractivity contribution in [3.63, 3.8) is 0 Å². The van der Waals surface area contributed by atoms with Gasteiger partial charge in [-0.2, -0.15) is 0 Å². The maximum absolute atomic E-state index is 9.31. The summed E-state index contributed by atoms with van der Waals surface area (Å²) in [6.45, 7) is 12.1. The molecule has 0 aromatic heterocycles. The maximum atomic E-state index is 9.31. The summed E-state index contributed by atoms with van der Waals surface area (Å²) in [5, 5.41) is 13.1. The summed E-state index contributed by atoms with van der Waals surface area (Å²) in [6, 6.07) is 0.696. The first kappa shape index (κ1) is 16.3. The molecule has 1 saturated heterocycles. The van der Waals surface area contributed by atoms with Gasteiger partial charge in [0.15, 0.2) is 0 Å². The van der Waals surface area contributed by atoms with Crippen molar-refractivity contribution < 1.29 is 5.11 Å². The minimum Gasteiger partial charge on any atom is -0.396 e. The van der Waals surface area contributed by atoms with E-state index in [0.717, 1.165) is 30.8 Å². The van der Waals surface area contributed by atoms with E-state index in [9.17, 15) is 5.11 Å². The molecule has 0 radical (unpaired) electrons. The molecule has 0 aromatic rings. The fraction of sp³-hybridized carbons (Fsp3) is 1.00. The fourth-order valence-corrected chi connectivity index (χ4v) is 4.31. The molecule has 0 aromatic carbocycles. The van der Waals surface area contributed by atoms with Crippen LogP contribution in [-0.4, -0.2) is 48.8 Å². The van der Waals surface area contributed by atoms with E-state index < -0.39 is 0 Å². The van der Waals surface area contributed by atoms with E-state index in [2.05, 4.69) is 31.0 Å². The Bertz CT molecular complexity index is 284. The lowest BCUT2D eigenvalue weighted by Gasteiger charge is -2.42. The van der Waals surface area contributed by atoms with E-state index in [1.165, 1.54) is 38.8 Å². The summed E-state index contributed by atoms with van der Waals surface area (Å²) in [6.07, 6.45) is 5.13. The van der Waals surface area contributed by atoms with Crippen LogP contribution in [0.2, 0.25) is 0 Å². The van der Waals surface area contributed by atoms with Crippen molar-refractivity contribution in [2.24, 2.45) is 23.7 Å². The molecule has 2 aliphatic rings. The van der Waals surface area contributed by atoms with Gasteiger partial charge in [-0.05, 0) is 62.4 Å². The van der Waals surface area contributed by atoms with Gasteiger partial charge in [-0.25, -0.2) is 0 Å². The average molecular weight is 282 g/mol. The molecular weight excluding hydrogens is 248 g/mol. The summed E-state index contributed by atoms with van der Waals surface area (Å²) in [7, 11) is 0. The highest BCUT2D eigenvalue weighted by molar-refractivity contribution is 4.90. The van der Waals surface area contributed by atoms with Crippen LogP contribution in [0.15, 0.2) is 0 Å². The predicted molar refractivity (Wildman–Crippen MR) is 84.8 cm³/mol. The lowest BCUT2D eigenvalue weighted by Crippen LogP contribution is -2.49. The molecule has 3 nitrogen and oxygen atoms in total. The second-order valence-corrected chi connectivity index (χ2v) is 7.38. The van der Waals surface area contributed by atoms with Gasteiger partial charge in [0.2, 0.25) is 0 Å². The second kappa shape index (κ2) is 7.77. The lowest BCUT2D eigenvalue weighted by atomic mass is 9.72. The van der Waals surface area contributed by atoms with E-state index in [1.54, 1.807) is 0 Å². The van der Waals surface area contributed by atoms with Gasteiger partial charge in [0.25, 0.3) is 0 Å². The largest absolute Gasteiger partial charge is 0.396 e. The molecule has 20 heavy (non-hydrogen) atoms. The van der Waals surface area contributed by atoms with Crippen molar-refractivity contribution in [2.45, 2.75) is 52.5 Å². The Balaban J connectivity index is 1.91. The highest BCUT2D eigenvalue weighted by Gasteiger charge is 2.35. The quantitative estimate of drug-likeness (QED) is 0.785. The Morgan fingerprint density at radius 3 is 2.70 bits per heavy atom. The van der Waals surface area contributed by atoms with E-state index in [-0.39, 0.29) is 0 Å². The smallest absolute Gasteiger partial charge is 0.0471 e. The SMILES string of the molecule is CCCNC1CC(C)CC(C)C1CN1CCC(CO)C1. The number of nitrogens with one attached hydrogen (secondary N) is 1. The van der Waals surface area contributed by atoms with Crippen molar-refractivity contribution in [1.82, 2.24) is 10.2 Å². The summed E-state index contributed by atoms with van der Waals surface area (Å²) in [5.41, 5.74) is 0. The molecule has 5 atom stereocenters. The number of likely N-dealkylation sites (tertiary alicyclic amines) is 1. The van der Waals surface area contributed by atoms with Gasteiger partial charge >= 0.3 is 0 Å². The van der Waals surface area contributed by atoms with Crippen molar-refractivity contribution in [1.29, 1.82) is 0 Å². The van der Waals surface area contributed by atoms with Crippen LogP contribution in [0.5, 0.6) is 0 Å². The normalized spacial score (nSPS) is 39.3. The summed E-state index contributed by atoms with van der Waals surface area (Å²) in [5.74, 6) is 2.99. The van der Waals surface area contributed by atoms with Gasteiger partial charge in [0.05, 0.1) is 0 Å². The van der Waals surface area contributed by atoms with Crippen LogP contribution in [0.25, 0.3) is 0 Å². The highest BCUT2D eigenvalue weighted by atomic mass is 16.3. The van der Waals surface area contributed by atoms with Crippen LogP contribution in [-0.2, 0) is 0 Å². The van der Waals surface area contributed by atoms with Crippen molar-refractivity contribution in [2.75, 3.05) is 32.8 Å². The molecule has 0 bridgehead atoms. The minimum absolute atomic E-state index is 0.366. The zero-order valence-electron chi connectivity index (χ0n) is 13.6. The molecule has 3 heteroatoms. The Labute approximate surface area is 125 Å². The highest BCUT2D eigenvalue weighted by Crippen LogP contribution is 2.35. The second-order valence-electron chi connectivity index (χ2n) is 7.38. The molecular formula is C17H34N2O. The molecule has 5 unspecified atom stereocenters. The Hall–Kier alpha value is -0.120. The summed E-state index contributed by atoms with van der Waals surface area (Å²) in [4.78, 5) is 2.60. The number of aliphatic hydroxyl groups excluding tert-OH is 1. The van der Waals surface area contributed by atoms with E-state index in [4.69, 9.17) is 0 Å². The van der Waals surface area contributed by atoms with Gasteiger partial charge in [-0.15, -0.1) is 0 Å². The molecule has 0 amide bonds. The van der Waals surface area contributed by atoms with E-state index in [0.29, 0.717) is 18.6 Å². The average Bonchev–Trinajstić information content (AvgIpc) is 2.87. The van der Waals surface area contributed by atoms with Gasteiger partial charge in [-0.3, -0.25) is 0 Å². The first-order valence-electron chi connectivity index (χ1n) is 8.70. The number of aliphatic hydroxyl groups is 1. The van der Waals surface area contributed by atoms with Crippen molar-refractivity contribution in [3.8, 4) is 0 Å². The topological polar surface area (TPSA) is 35.5 Å². The van der Waals surface area contributed by atoms with Crippen LogP contribution >= 0.6 is 0 Å². The molecule has 2 fully saturated rings. The first-order valence-corrected chi connectivity index (χ1v) is 8.70. The van der Waals surface area contributed by atoms with Gasteiger partial charge in [0.1, 0.15) is 0 Å². The third kappa shape index (κ3) is 4.19. The van der Waals surface area contributed by atoms with E-state index >= 15 is 0 Å². The number of rotatable bonds is 6. The van der Waals surface area contributed by atoms with Crippen LogP contribution < -0.4 is 5.32 Å². The first-order chi connectivity index (χ1) is 9.63. The molecule has 1 heterocycles. The number of hydrogen-bond donors (Lipinski definition) is 2. The fourth-order valence-electron chi connectivity index (χ4n) is 4.31. The minimum atomic E-state index is 0.366. The molecule has 1 saturated carbocycles. The molecule has 2 rings (SSSR count). The molecule has 118 valence electrons. The predicted octanol–water partition coefficient (Wildman–Crippen LogP) is 2.35. The van der Waals surface area contributed by atoms with Crippen LogP contribution in [0, 0.1) is 23.7 Å². The molecule has 0 spiro atoms. The van der Waals surface area contributed by atoms with Crippen LogP contribution in [0.1, 0.15) is 46.5 Å². The maximum Gasteiger partial charge on any atom is 0.0471 e. The molecule has 2 N–H and O–H groups in total. The zero-order chi connectivity index (χ0) is 14.5. The Morgan fingerprint density at radius 2 is 2.05 bits per heavy atom.